The van der Waals surface area contributed by atoms with Crippen molar-refractivity contribution >= 4 is 28.9 Å². The SMILES string of the molecule is CC(C)(C)c1ccc(C2Oc3c(Cl)cc(Cl)cc3C3CC(c4ccccc4)=NN32)cc1. The van der Waals surface area contributed by atoms with Crippen molar-refractivity contribution < 1.29 is 4.74 Å². The molecule has 5 rings (SSSR count). The zero-order valence-electron chi connectivity index (χ0n) is 17.8. The molecule has 158 valence electrons. The molecule has 2 aliphatic rings. The predicted molar refractivity (Wildman–Crippen MR) is 127 cm³/mol. The summed E-state index contributed by atoms with van der Waals surface area (Å²) in [5.41, 5.74) is 5.56. The smallest absolute Gasteiger partial charge is 0.213 e. The monoisotopic (exact) mass is 450 g/mol. The van der Waals surface area contributed by atoms with E-state index in [9.17, 15) is 0 Å². The van der Waals surface area contributed by atoms with E-state index < -0.39 is 0 Å². The van der Waals surface area contributed by atoms with Gasteiger partial charge in [0.25, 0.3) is 0 Å². The van der Waals surface area contributed by atoms with Crippen molar-refractivity contribution in [2.45, 2.75) is 44.9 Å². The Bertz CT molecular complexity index is 1150. The molecule has 0 aliphatic carbocycles. The maximum absolute atomic E-state index is 6.56. The van der Waals surface area contributed by atoms with Gasteiger partial charge >= 0.3 is 0 Å². The second kappa shape index (κ2) is 7.58. The Morgan fingerprint density at radius 1 is 0.968 bits per heavy atom. The van der Waals surface area contributed by atoms with Crippen LogP contribution in [0.4, 0.5) is 0 Å². The lowest BCUT2D eigenvalue weighted by Crippen LogP contribution is -2.34. The number of ether oxygens (including phenoxy) is 1. The highest BCUT2D eigenvalue weighted by Crippen LogP contribution is 2.50. The highest BCUT2D eigenvalue weighted by Gasteiger charge is 2.42. The first-order chi connectivity index (χ1) is 14.8. The number of hydrogen-bond donors (Lipinski definition) is 0. The summed E-state index contributed by atoms with van der Waals surface area (Å²) in [4.78, 5) is 0. The number of halogens is 2. The third kappa shape index (κ3) is 3.71. The van der Waals surface area contributed by atoms with Crippen LogP contribution < -0.4 is 4.74 Å². The first-order valence-corrected chi connectivity index (χ1v) is 11.2. The molecule has 0 fully saturated rings. The van der Waals surface area contributed by atoms with Gasteiger partial charge in [0.2, 0.25) is 6.23 Å². The van der Waals surface area contributed by atoms with Crippen LogP contribution in [0.3, 0.4) is 0 Å². The van der Waals surface area contributed by atoms with Gasteiger partial charge in [-0.05, 0) is 28.7 Å². The van der Waals surface area contributed by atoms with Gasteiger partial charge in [0.15, 0.2) is 0 Å². The third-order valence-electron chi connectivity index (χ3n) is 5.98. The minimum Gasteiger partial charge on any atom is -0.463 e. The van der Waals surface area contributed by atoms with Crippen molar-refractivity contribution in [3.05, 3.63) is 99.0 Å². The molecule has 2 heterocycles. The summed E-state index contributed by atoms with van der Waals surface area (Å²) in [6, 6.07) is 22.6. The van der Waals surface area contributed by atoms with E-state index in [1.807, 2.05) is 24.3 Å². The minimum atomic E-state index is -0.355. The number of rotatable bonds is 2. The van der Waals surface area contributed by atoms with Gasteiger partial charge in [-0.3, -0.25) is 0 Å². The molecular formula is C26H24Cl2N2O. The number of nitrogens with zero attached hydrogens (tertiary/aromatic N) is 2. The van der Waals surface area contributed by atoms with Gasteiger partial charge in [0.05, 0.1) is 16.8 Å². The van der Waals surface area contributed by atoms with Crippen LogP contribution in [0, 0.1) is 0 Å². The van der Waals surface area contributed by atoms with Crippen LogP contribution in [0.25, 0.3) is 0 Å². The second-order valence-corrected chi connectivity index (χ2v) is 10.0. The molecule has 0 amide bonds. The third-order valence-corrected chi connectivity index (χ3v) is 6.48. The molecule has 2 aliphatic heterocycles. The lowest BCUT2D eigenvalue weighted by Gasteiger charge is -2.38. The van der Waals surface area contributed by atoms with Crippen LogP contribution in [0.1, 0.15) is 61.7 Å². The summed E-state index contributed by atoms with van der Waals surface area (Å²) >= 11 is 12.9. The van der Waals surface area contributed by atoms with E-state index in [1.54, 1.807) is 6.07 Å². The molecule has 0 bridgehead atoms. The van der Waals surface area contributed by atoms with Crippen molar-refractivity contribution in [1.82, 2.24) is 5.01 Å². The van der Waals surface area contributed by atoms with Crippen molar-refractivity contribution in [2.75, 3.05) is 0 Å². The Morgan fingerprint density at radius 2 is 1.68 bits per heavy atom. The van der Waals surface area contributed by atoms with Crippen LogP contribution >= 0.6 is 23.2 Å². The molecule has 3 nitrogen and oxygen atoms in total. The number of benzene rings is 3. The number of hydrogen-bond acceptors (Lipinski definition) is 3. The van der Waals surface area contributed by atoms with Crippen LogP contribution in [-0.4, -0.2) is 10.7 Å². The molecule has 0 N–H and O–H groups in total. The summed E-state index contributed by atoms with van der Waals surface area (Å²) < 4.78 is 6.46. The Morgan fingerprint density at radius 3 is 2.35 bits per heavy atom. The van der Waals surface area contributed by atoms with Gasteiger partial charge in [0, 0.05) is 22.6 Å². The molecule has 2 unspecified atom stereocenters. The van der Waals surface area contributed by atoms with E-state index in [4.69, 9.17) is 33.0 Å². The topological polar surface area (TPSA) is 24.8 Å². The van der Waals surface area contributed by atoms with E-state index >= 15 is 0 Å². The molecular weight excluding hydrogens is 427 g/mol. The predicted octanol–water partition coefficient (Wildman–Crippen LogP) is 7.53. The van der Waals surface area contributed by atoms with E-state index in [-0.39, 0.29) is 17.7 Å². The van der Waals surface area contributed by atoms with Gasteiger partial charge in [0.1, 0.15) is 5.75 Å². The molecule has 3 aromatic carbocycles. The molecule has 3 aromatic rings. The summed E-state index contributed by atoms with van der Waals surface area (Å²) in [6.45, 7) is 6.64. The van der Waals surface area contributed by atoms with Gasteiger partial charge in [-0.25, -0.2) is 5.01 Å². The molecule has 2 atom stereocenters. The molecule has 0 saturated carbocycles. The molecule has 0 saturated heterocycles. The molecule has 0 aromatic heterocycles. The Balaban J connectivity index is 1.60. The van der Waals surface area contributed by atoms with Crippen LogP contribution in [0.2, 0.25) is 10.0 Å². The molecule has 31 heavy (non-hydrogen) atoms. The van der Waals surface area contributed by atoms with Gasteiger partial charge in [-0.2, -0.15) is 5.10 Å². The van der Waals surface area contributed by atoms with Gasteiger partial charge in [-0.1, -0.05) is 98.6 Å². The quantitative estimate of drug-likeness (QED) is 0.402. The van der Waals surface area contributed by atoms with Crippen molar-refractivity contribution in [3.8, 4) is 5.75 Å². The van der Waals surface area contributed by atoms with Crippen molar-refractivity contribution in [2.24, 2.45) is 5.10 Å². The number of hydrazone groups is 1. The fourth-order valence-corrected chi connectivity index (χ4v) is 4.84. The van der Waals surface area contributed by atoms with E-state index in [1.165, 1.54) is 5.56 Å². The fraction of sp³-hybridized carbons (Fsp3) is 0.269. The highest BCUT2D eigenvalue weighted by molar-refractivity contribution is 6.35. The summed E-state index contributed by atoms with van der Waals surface area (Å²) in [5.74, 6) is 0.696. The summed E-state index contributed by atoms with van der Waals surface area (Å²) in [6.07, 6.45) is 0.416. The van der Waals surface area contributed by atoms with Crippen LogP contribution in [0.15, 0.2) is 71.8 Å². The van der Waals surface area contributed by atoms with Crippen LogP contribution in [0.5, 0.6) is 5.75 Å². The maximum atomic E-state index is 6.56. The molecule has 0 spiro atoms. The maximum Gasteiger partial charge on any atom is 0.213 e. The first-order valence-electron chi connectivity index (χ1n) is 10.5. The number of fused-ring (bicyclic) bond motifs is 3. The Kier molecular flexibility index (Phi) is 4.99. The van der Waals surface area contributed by atoms with E-state index in [2.05, 4.69) is 62.2 Å². The molecule has 0 radical (unpaired) electrons. The van der Waals surface area contributed by atoms with Gasteiger partial charge < -0.3 is 4.74 Å². The summed E-state index contributed by atoms with van der Waals surface area (Å²) in [7, 11) is 0. The average molecular weight is 451 g/mol. The second-order valence-electron chi connectivity index (χ2n) is 9.16. The van der Waals surface area contributed by atoms with Crippen molar-refractivity contribution in [3.63, 3.8) is 0 Å². The first kappa shape index (κ1) is 20.4. The zero-order chi connectivity index (χ0) is 21.8. The fourth-order valence-electron chi connectivity index (χ4n) is 4.29. The zero-order valence-corrected chi connectivity index (χ0v) is 19.3. The van der Waals surface area contributed by atoms with Gasteiger partial charge in [-0.15, -0.1) is 0 Å². The Labute approximate surface area is 193 Å². The Hall–Kier alpha value is -2.49. The minimum absolute atomic E-state index is 0.0162. The van der Waals surface area contributed by atoms with Crippen molar-refractivity contribution in [1.29, 1.82) is 0 Å². The lowest BCUT2D eigenvalue weighted by molar-refractivity contribution is -0.0189. The highest BCUT2D eigenvalue weighted by atomic mass is 35.5. The average Bonchev–Trinajstić information content (AvgIpc) is 3.19. The standard InChI is InChI=1S/C26H24Cl2N2O/c1-26(2,3)18-11-9-17(10-12-18)25-30-23(15-22(29-30)16-7-5-4-6-8-16)20-13-19(27)14-21(28)24(20)31-25/h4-14,23,25H,15H2,1-3H3. The lowest BCUT2D eigenvalue weighted by atomic mass is 9.86. The van der Waals surface area contributed by atoms with E-state index in [0.717, 1.165) is 28.8 Å². The van der Waals surface area contributed by atoms with Crippen LogP contribution in [-0.2, 0) is 5.41 Å². The van der Waals surface area contributed by atoms with E-state index in [0.29, 0.717) is 15.8 Å². The summed E-state index contributed by atoms with van der Waals surface area (Å²) in [5, 5.41) is 8.20. The largest absolute Gasteiger partial charge is 0.463 e. The molecule has 5 heteroatoms. The normalized spacial score (nSPS) is 20.0.